The molecule has 0 radical (unpaired) electrons. The smallest absolute Gasteiger partial charge is 0.306 e. The van der Waals surface area contributed by atoms with Gasteiger partial charge in [0, 0.05) is 19.3 Å². The van der Waals surface area contributed by atoms with E-state index in [2.05, 4.69) is 167 Å². The Morgan fingerprint density at radius 2 is 0.597 bits per heavy atom. The maximum atomic E-state index is 12.8. The molecule has 0 unspecified atom stereocenters. The summed E-state index contributed by atoms with van der Waals surface area (Å²) in [6.07, 6.45) is 77.0. The fraction of sp³-hybridized carbons (Fsp3) is 0.557. The quantitative estimate of drug-likeness (QED) is 0.0262. The van der Waals surface area contributed by atoms with Crippen LogP contribution in [0.25, 0.3) is 0 Å². The van der Waals surface area contributed by atoms with E-state index in [9.17, 15) is 14.4 Å². The van der Waals surface area contributed by atoms with Gasteiger partial charge in [0.15, 0.2) is 6.10 Å². The Balaban J connectivity index is 4.65. The van der Waals surface area contributed by atoms with E-state index in [4.69, 9.17) is 14.2 Å². The van der Waals surface area contributed by atoms with Crippen LogP contribution in [0.2, 0.25) is 0 Å². The largest absolute Gasteiger partial charge is 0.462 e. The first-order valence-corrected chi connectivity index (χ1v) is 26.3. The predicted octanol–water partition coefficient (Wildman–Crippen LogP) is 17.6. The number of ether oxygens (including phenoxy) is 3. The van der Waals surface area contributed by atoms with Crippen LogP contribution >= 0.6 is 0 Å². The Kier molecular flexibility index (Phi) is 50.1. The molecule has 374 valence electrons. The maximum Gasteiger partial charge on any atom is 0.306 e. The first-order chi connectivity index (χ1) is 33.0. The number of hydrogen-bond donors (Lipinski definition) is 0. The van der Waals surface area contributed by atoms with Gasteiger partial charge in [-0.1, -0.05) is 199 Å². The van der Waals surface area contributed by atoms with Crippen molar-refractivity contribution >= 4 is 17.9 Å². The molecule has 6 heteroatoms. The number of carbonyl (C=O) groups is 3. The lowest BCUT2D eigenvalue weighted by atomic mass is 10.1. The lowest BCUT2D eigenvalue weighted by Crippen LogP contribution is -2.30. The molecule has 0 aliphatic rings. The van der Waals surface area contributed by atoms with Gasteiger partial charge in [0.1, 0.15) is 13.2 Å². The third-order valence-corrected chi connectivity index (χ3v) is 10.3. The first kappa shape index (κ1) is 62.3. The number of rotatable bonds is 45. The minimum Gasteiger partial charge on any atom is -0.462 e. The number of esters is 3. The van der Waals surface area contributed by atoms with Gasteiger partial charge in [-0.15, -0.1) is 0 Å². The molecule has 6 nitrogen and oxygen atoms in total. The second-order valence-corrected chi connectivity index (χ2v) is 16.7. The molecule has 0 aromatic rings. The third-order valence-electron chi connectivity index (χ3n) is 10.3. The van der Waals surface area contributed by atoms with Crippen molar-refractivity contribution in [1.29, 1.82) is 0 Å². The van der Waals surface area contributed by atoms with Crippen LogP contribution in [0, 0.1) is 0 Å². The van der Waals surface area contributed by atoms with Crippen LogP contribution in [0.15, 0.2) is 146 Å². The van der Waals surface area contributed by atoms with Crippen LogP contribution in [0.5, 0.6) is 0 Å². The van der Waals surface area contributed by atoms with Gasteiger partial charge in [-0.3, -0.25) is 14.4 Å². The lowest BCUT2D eigenvalue weighted by molar-refractivity contribution is -0.167. The second kappa shape index (κ2) is 53.9. The molecule has 0 N–H and O–H groups in total. The van der Waals surface area contributed by atoms with Gasteiger partial charge < -0.3 is 14.2 Å². The molecule has 0 spiro atoms. The molecule has 67 heavy (non-hydrogen) atoms. The Labute approximate surface area is 410 Å². The van der Waals surface area contributed by atoms with Crippen molar-refractivity contribution in [3.63, 3.8) is 0 Å². The molecule has 0 rings (SSSR count). The van der Waals surface area contributed by atoms with Crippen LogP contribution in [-0.4, -0.2) is 37.2 Å². The molecule has 1 atom stereocenters. The lowest BCUT2D eigenvalue weighted by Gasteiger charge is -2.18. The van der Waals surface area contributed by atoms with Crippen molar-refractivity contribution in [2.45, 2.75) is 207 Å². The Bertz CT molecular complexity index is 1530. The average Bonchev–Trinajstić information content (AvgIpc) is 3.33. The molecule has 0 aliphatic carbocycles. The Hall–Kier alpha value is -4.71. The van der Waals surface area contributed by atoms with Gasteiger partial charge in [-0.05, 0) is 128 Å². The highest BCUT2D eigenvalue weighted by Gasteiger charge is 2.19. The van der Waals surface area contributed by atoms with Crippen molar-refractivity contribution in [3.8, 4) is 0 Å². The zero-order chi connectivity index (χ0) is 48.6. The summed E-state index contributed by atoms with van der Waals surface area (Å²) in [5.74, 6) is -1.11. The second-order valence-electron chi connectivity index (χ2n) is 16.7. The van der Waals surface area contributed by atoms with Crippen LogP contribution in [0.1, 0.15) is 201 Å². The number of hydrogen-bond acceptors (Lipinski definition) is 6. The Morgan fingerprint density at radius 1 is 0.313 bits per heavy atom. The van der Waals surface area contributed by atoms with Gasteiger partial charge in [0.05, 0.1) is 0 Å². The zero-order valence-corrected chi connectivity index (χ0v) is 42.6. The minimum absolute atomic E-state index is 0.144. The molecular formula is C61H94O6. The summed E-state index contributed by atoms with van der Waals surface area (Å²) in [5.41, 5.74) is 0. The van der Waals surface area contributed by atoms with E-state index in [0.29, 0.717) is 19.3 Å². The highest BCUT2D eigenvalue weighted by molar-refractivity contribution is 5.71. The normalized spacial score (nSPS) is 13.3. The SMILES string of the molecule is CC/C=C\C/C=C\C/C=C\C/C=C\C/C=C\CCCC(=O)OC[C@H](COC(=O)CCCC/C=C\C/C=C\C/C=C\C/C=C\CC)OC(=O)CCC/C=C\C/C=C\C/C=C\CCCCCCCC. The molecule has 0 saturated carbocycles. The topological polar surface area (TPSA) is 78.9 Å². The summed E-state index contributed by atoms with van der Waals surface area (Å²) in [7, 11) is 0. The summed E-state index contributed by atoms with van der Waals surface area (Å²) in [6.45, 7) is 6.25. The van der Waals surface area contributed by atoms with Crippen molar-refractivity contribution < 1.29 is 28.6 Å². The number of allylic oxidation sites excluding steroid dienone is 24. The van der Waals surface area contributed by atoms with Gasteiger partial charge in [0.2, 0.25) is 0 Å². The molecule has 0 amide bonds. The predicted molar refractivity (Wildman–Crippen MR) is 288 cm³/mol. The molecule has 0 aromatic carbocycles. The van der Waals surface area contributed by atoms with E-state index in [1.54, 1.807) is 0 Å². The molecule has 0 saturated heterocycles. The van der Waals surface area contributed by atoms with Crippen molar-refractivity contribution in [2.75, 3.05) is 13.2 Å². The number of carbonyl (C=O) groups excluding carboxylic acids is 3. The summed E-state index contributed by atoms with van der Waals surface area (Å²) in [5, 5.41) is 0. The first-order valence-electron chi connectivity index (χ1n) is 26.3. The van der Waals surface area contributed by atoms with Gasteiger partial charge >= 0.3 is 17.9 Å². The van der Waals surface area contributed by atoms with Crippen molar-refractivity contribution in [1.82, 2.24) is 0 Å². The Morgan fingerprint density at radius 3 is 0.970 bits per heavy atom. The van der Waals surface area contributed by atoms with Crippen LogP contribution < -0.4 is 0 Å². The van der Waals surface area contributed by atoms with Gasteiger partial charge in [0.25, 0.3) is 0 Å². The monoisotopic (exact) mass is 923 g/mol. The van der Waals surface area contributed by atoms with Crippen LogP contribution in [0.4, 0.5) is 0 Å². The number of unbranched alkanes of at least 4 members (excludes halogenated alkanes) is 10. The van der Waals surface area contributed by atoms with E-state index >= 15 is 0 Å². The fourth-order valence-electron chi connectivity index (χ4n) is 6.42. The highest BCUT2D eigenvalue weighted by Crippen LogP contribution is 2.10. The summed E-state index contributed by atoms with van der Waals surface area (Å²) in [4.78, 5) is 38.0. The summed E-state index contributed by atoms with van der Waals surface area (Å²) < 4.78 is 16.7. The van der Waals surface area contributed by atoms with E-state index in [1.165, 1.54) is 44.9 Å². The molecule has 0 bridgehead atoms. The van der Waals surface area contributed by atoms with Gasteiger partial charge in [-0.25, -0.2) is 0 Å². The maximum absolute atomic E-state index is 12.8. The third kappa shape index (κ3) is 52.1. The standard InChI is InChI=1S/C61H94O6/c1-4-7-10-13-16-19-22-25-28-30-33-36-39-42-45-48-51-54-60(63)66-57-58(56-65-59(62)53-50-47-44-41-38-35-32-27-24-21-18-15-12-9-6-3)67-61(64)55-52-49-46-43-40-37-34-31-29-26-23-20-17-14-11-8-5-2/h7,9-10,12,16,18-19,21,25-29,32-34,36-38,41-43,45-46,58H,4-6,8,11,13-15,17,20,22-24,30-31,35,39-40,44,47-57H2,1-3H3/b10-7-,12-9-,19-16-,21-18-,28-25-,29-26-,32-27-,36-33-,37-34-,41-38-,45-42-,46-43-/t58-/m0/s1. The highest BCUT2D eigenvalue weighted by atomic mass is 16.6. The minimum atomic E-state index is -0.851. The van der Waals surface area contributed by atoms with Crippen LogP contribution in [-0.2, 0) is 28.6 Å². The van der Waals surface area contributed by atoms with E-state index in [1.807, 2.05) is 0 Å². The molecule has 0 aliphatic heterocycles. The summed E-state index contributed by atoms with van der Waals surface area (Å²) in [6, 6.07) is 0. The van der Waals surface area contributed by atoms with E-state index < -0.39 is 12.1 Å². The van der Waals surface area contributed by atoms with Crippen molar-refractivity contribution in [3.05, 3.63) is 146 Å². The molecule has 0 fully saturated rings. The van der Waals surface area contributed by atoms with Crippen molar-refractivity contribution in [2.24, 2.45) is 0 Å². The average molecular weight is 923 g/mol. The molecular weight excluding hydrogens is 829 g/mol. The molecule has 0 heterocycles. The van der Waals surface area contributed by atoms with E-state index in [-0.39, 0.29) is 44.4 Å². The van der Waals surface area contributed by atoms with Gasteiger partial charge in [-0.2, -0.15) is 0 Å². The zero-order valence-electron chi connectivity index (χ0n) is 42.6. The summed E-state index contributed by atoms with van der Waals surface area (Å²) >= 11 is 0. The van der Waals surface area contributed by atoms with Crippen LogP contribution in [0.3, 0.4) is 0 Å². The molecule has 0 aromatic heterocycles. The fourth-order valence-corrected chi connectivity index (χ4v) is 6.42. The van der Waals surface area contributed by atoms with E-state index in [0.717, 1.165) is 96.3 Å².